The van der Waals surface area contributed by atoms with Crippen LogP contribution in [0.2, 0.25) is 0 Å². The molecule has 0 aliphatic carbocycles. The predicted octanol–water partition coefficient (Wildman–Crippen LogP) is 1.19. The van der Waals surface area contributed by atoms with Crippen molar-refractivity contribution in [2.75, 3.05) is 5.32 Å². The summed E-state index contributed by atoms with van der Waals surface area (Å²) in [6, 6.07) is 3.58. The average molecular weight is 169 g/mol. The lowest BCUT2D eigenvalue weighted by atomic mass is 10.3. The topological polar surface area (TPSA) is 89.8 Å². The number of nitrogens with one attached hydrogen (secondary N) is 1. The van der Waals surface area contributed by atoms with E-state index in [1.54, 1.807) is 0 Å². The lowest BCUT2D eigenvalue weighted by molar-refractivity contribution is 0.209. The second-order valence-electron chi connectivity index (χ2n) is 2.13. The molecule has 5 heteroatoms. The number of amides is 1. The number of anilines is 1. The van der Waals surface area contributed by atoms with Gasteiger partial charge < -0.3 is 15.3 Å². The van der Waals surface area contributed by atoms with Crippen LogP contribution >= 0.6 is 0 Å². The van der Waals surface area contributed by atoms with Crippen molar-refractivity contribution < 1.29 is 20.1 Å². The first-order chi connectivity index (χ1) is 5.59. The molecule has 0 spiro atoms. The summed E-state index contributed by atoms with van der Waals surface area (Å²) in [5.74, 6) is -0.430. The minimum absolute atomic E-state index is 0.0419. The van der Waals surface area contributed by atoms with Gasteiger partial charge in [-0.3, -0.25) is 5.32 Å². The molecular weight excluding hydrogens is 162 g/mol. The van der Waals surface area contributed by atoms with Gasteiger partial charge in [0, 0.05) is 6.07 Å². The van der Waals surface area contributed by atoms with E-state index in [1.807, 2.05) is 5.32 Å². The molecule has 0 aliphatic heterocycles. The van der Waals surface area contributed by atoms with Crippen LogP contribution < -0.4 is 5.32 Å². The third kappa shape index (κ3) is 1.79. The zero-order chi connectivity index (χ0) is 9.14. The normalized spacial score (nSPS) is 9.33. The van der Waals surface area contributed by atoms with Crippen molar-refractivity contribution in [2.45, 2.75) is 0 Å². The number of hydrogen-bond donors (Lipinski definition) is 4. The third-order valence-corrected chi connectivity index (χ3v) is 1.22. The van der Waals surface area contributed by atoms with E-state index < -0.39 is 6.09 Å². The van der Waals surface area contributed by atoms with Gasteiger partial charge in [-0.15, -0.1) is 0 Å². The second kappa shape index (κ2) is 3.00. The Morgan fingerprint density at radius 2 is 2.00 bits per heavy atom. The molecule has 0 radical (unpaired) electrons. The lowest BCUT2D eigenvalue weighted by Crippen LogP contribution is -2.06. The molecular formula is C7H7NO4. The van der Waals surface area contributed by atoms with Gasteiger partial charge in [0.05, 0.1) is 5.69 Å². The first kappa shape index (κ1) is 8.19. The summed E-state index contributed by atoms with van der Waals surface area (Å²) in [4.78, 5) is 10.1. The summed E-state index contributed by atoms with van der Waals surface area (Å²) in [6.07, 6.45) is -1.27. The van der Waals surface area contributed by atoms with Gasteiger partial charge in [0.25, 0.3) is 0 Å². The van der Waals surface area contributed by atoms with E-state index in [-0.39, 0.29) is 17.2 Å². The summed E-state index contributed by atoms with van der Waals surface area (Å²) in [5, 5.41) is 28.1. The number of aromatic hydroxyl groups is 2. The summed E-state index contributed by atoms with van der Waals surface area (Å²) >= 11 is 0. The van der Waals surface area contributed by atoms with Crippen LogP contribution in [0.15, 0.2) is 18.2 Å². The van der Waals surface area contributed by atoms with Gasteiger partial charge in [-0.2, -0.15) is 0 Å². The maximum absolute atomic E-state index is 10.1. The maximum atomic E-state index is 10.1. The van der Waals surface area contributed by atoms with Gasteiger partial charge in [-0.25, -0.2) is 4.79 Å². The van der Waals surface area contributed by atoms with Crippen molar-refractivity contribution in [2.24, 2.45) is 0 Å². The van der Waals surface area contributed by atoms with Crippen LogP contribution in [0.1, 0.15) is 0 Å². The molecule has 0 fully saturated rings. The zero-order valence-corrected chi connectivity index (χ0v) is 5.98. The minimum atomic E-state index is -1.27. The molecule has 4 N–H and O–H groups in total. The van der Waals surface area contributed by atoms with Crippen LogP contribution in [0.3, 0.4) is 0 Å². The Balaban J connectivity index is 2.93. The Morgan fingerprint density at radius 1 is 1.33 bits per heavy atom. The molecule has 64 valence electrons. The number of hydrogen-bond acceptors (Lipinski definition) is 3. The first-order valence-corrected chi connectivity index (χ1v) is 3.11. The van der Waals surface area contributed by atoms with Crippen molar-refractivity contribution in [1.82, 2.24) is 0 Å². The fourth-order valence-corrected chi connectivity index (χ4v) is 0.741. The van der Waals surface area contributed by atoms with Crippen molar-refractivity contribution >= 4 is 11.8 Å². The molecule has 0 heterocycles. The Morgan fingerprint density at radius 3 is 2.50 bits per heavy atom. The molecule has 1 rings (SSSR count). The molecule has 0 aromatic heterocycles. The van der Waals surface area contributed by atoms with E-state index in [4.69, 9.17) is 15.3 Å². The molecule has 1 aromatic carbocycles. The van der Waals surface area contributed by atoms with Crippen molar-refractivity contribution in [3.63, 3.8) is 0 Å². The largest absolute Gasteiger partial charge is 0.508 e. The fourth-order valence-electron chi connectivity index (χ4n) is 0.741. The standard InChI is InChI=1S/C7H7NO4/c9-4-1-2-5(6(10)3-4)8-7(11)12/h1-3,8-10H,(H,11,12). The highest BCUT2D eigenvalue weighted by atomic mass is 16.4. The predicted molar refractivity (Wildman–Crippen MR) is 41.4 cm³/mol. The number of rotatable bonds is 1. The number of phenols is 2. The van der Waals surface area contributed by atoms with E-state index in [1.165, 1.54) is 12.1 Å². The van der Waals surface area contributed by atoms with Gasteiger partial charge in [0.2, 0.25) is 0 Å². The van der Waals surface area contributed by atoms with Crippen LogP contribution in [-0.4, -0.2) is 21.4 Å². The number of carboxylic acid groups (broad SMARTS) is 1. The Bertz CT molecular complexity index is 310. The molecule has 0 saturated heterocycles. The number of phenolic OH excluding ortho intramolecular Hbond substituents is 2. The summed E-state index contributed by atoms with van der Waals surface area (Å²) in [5.41, 5.74) is 0.0419. The lowest BCUT2D eigenvalue weighted by Gasteiger charge is -2.02. The SMILES string of the molecule is O=C(O)Nc1ccc(O)cc1O. The molecule has 5 nitrogen and oxygen atoms in total. The molecule has 0 aliphatic rings. The van der Waals surface area contributed by atoms with E-state index in [0.29, 0.717) is 0 Å². The molecule has 12 heavy (non-hydrogen) atoms. The third-order valence-electron chi connectivity index (χ3n) is 1.22. The first-order valence-electron chi connectivity index (χ1n) is 3.11. The molecule has 0 bridgehead atoms. The zero-order valence-electron chi connectivity index (χ0n) is 5.98. The maximum Gasteiger partial charge on any atom is 0.409 e. The molecule has 0 atom stereocenters. The highest BCUT2D eigenvalue weighted by Crippen LogP contribution is 2.26. The smallest absolute Gasteiger partial charge is 0.409 e. The quantitative estimate of drug-likeness (QED) is 0.375. The summed E-state index contributed by atoms with van der Waals surface area (Å²) < 4.78 is 0. The van der Waals surface area contributed by atoms with E-state index in [9.17, 15) is 4.79 Å². The molecule has 1 amide bonds. The Labute approximate surface area is 67.9 Å². The van der Waals surface area contributed by atoms with Gasteiger partial charge in [0.15, 0.2) is 0 Å². The van der Waals surface area contributed by atoms with Crippen LogP contribution in [0.5, 0.6) is 11.5 Å². The monoisotopic (exact) mass is 169 g/mol. The van der Waals surface area contributed by atoms with E-state index in [2.05, 4.69) is 0 Å². The van der Waals surface area contributed by atoms with Gasteiger partial charge in [-0.1, -0.05) is 0 Å². The van der Waals surface area contributed by atoms with Gasteiger partial charge in [0.1, 0.15) is 11.5 Å². The van der Waals surface area contributed by atoms with Gasteiger partial charge in [-0.05, 0) is 12.1 Å². The van der Waals surface area contributed by atoms with E-state index in [0.717, 1.165) is 6.07 Å². The average Bonchev–Trinajstić information content (AvgIpc) is 1.94. The van der Waals surface area contributed by atoms with Crippen LogP contribution in [0.25, 0.3) is 0 Å². The number of benzene rings is 1. The van der Waals surface area contributed by atoms with Crippen LogP contribution in [-0.2, 0) is 0 Å². The van der Waals surface area contributed by atoms with Gasteiger partial charge >= 0.3 is 6.09 Å². The van der Waals surface area contributed by atoms with Crippen LogP contribution in [0.4, 0.5) is 10.5 Å². The summed E-state index contributed by atoms with van der Waals surface area (Å²) in [6.45, 7) is 0. The Hall–Kier alpha value is -1.91. The fraction of sp³-hybridized carbons (Fsp3) is 0. The van der Waals surface area contributed by atoms with Crippen LogP contribution in [0, 0.1) is 0 Å². The van der Waals surface area contributed by atoms with E-state index >= 15 is 0 Å². The van der Waals surface area contributed by atoms with Crippen molar-refractivity contribution in [1.29, 1.82) is 0 Å². The molecule has 0 saturated carbocycles. The molecule has 1 aromatic rings. The van der Waals surface area contributed by atoms with Crippen molar-refractivity contribution in [3.05, 3.63) is 18.2 Å². The number of carbonyl (C=O) groups is 1. The minimum Gasteiger partial charge on any atom is -0.508 e. The van der Waals surface area contributed by atoms with Crippen molar-refractivity contribution in [3.8, 4) is 11.5 Å². The second-order valence-corrected chi connectivity index (χ2v) is 2.13. The molecule has 0 unspecified atom stereocenters. The highest BCUT2D eigenvalue weighted by Gasteiger charge is 2.03. The Kier molecular flexibility index (Phi) is 2.05. The highest BCUT2D eigenvalue weighted by molar-refractivity contribution is 5.85. The summed E-state index contributed by atoms with van der Waals surface area (Å²) in [7, 11) is 0.